The van der Waals surface area contributed by atoms with E-state index in [1.807, 2.05) is 27.0 Å². The molecule has 1 aliphatic heterocycles. The molecule has 3 amide bonds. The van der Waals surface area contributed by atoms with Gasteiger partial charge >= 0.3 is 6.03 Å². The van der Waals surface area contributed by atoms with E-state index >= 15 is 0 Å². The first-order valence-corrected chi connectivity index (χ1v) is 12.7. The van der Waals surface area contributed by atoms with Gasteiger partial charge in [0.25, 0.3) is 0 Å². The largest absolute Gasteiger partial charge is 0.331 e. The lowest BCUT2D eigenvalue weighted by Gasteiger charge is -2.42. The predicted octanol–water partition coefficient (Wildman–Crippen LogP) is 2.40. The second kappa shape index (κ2) is 9.07. The summed E-state index contributed by atoms with van der Waals surface area (Å²) >= 11 is 1.40. The maximum absolute atomic E-state index is 12.8. The molecule has 2 N–H and O–H groups in total. The zero-order chi connectivity index (χ0) is 22.9. The van der Waals surface area contributed by atoms with Crippen LogP contribution < -0.4 is 5.32 Å². The molecular formula is C20H30N4O4S2. The first kappa shape index (κ1) is 24.4. The number of amides is 3. The lowest BCUT2D eigenvalue weighted by atomic mass is 9.94. The van der Waals surface area contributed by atoms with Gasteiger partial charge in [0.2, 0.25) is 5.91 Å². The molecule has 0 saturated carbocycles. The number of benzene rings is 1. The number of urea groups is 1. The van der Waals surface area contributed by atoms with E-state index < -0.39 is 33.1 Å². The molecule has 30 heavy (non-hydrogen) atoms. The molecule has 0 aromatic heterocycles. The minimum Gasteiger partial charge on any atom is -0.300 e. The monoisotopic (exact) mass is 454 g/mol. The molecule has 2 unspecified atom stereocenters. The Kier molecular flexibility index (Phi) is 7.36. The first-order chi connectivity index (χ1) is 13.8. The number of nitrogens with one attached hydrogen (secondary N) is 2. The van der Waals surface area contributed by atoms with Crippen molar-refractivity contribution in [3.05, 3.63) is 29.8 Å². The molecule has 1 aromatic rings. The zero-order valence-electron chi connectivity index (χ0n) is 18.2. The molecule has 1 aliphatic rings. The smallest absolute Gasteiger partial charge is 0.300 e. The van der Waals surface area contributed by atoms with E-state index in [-0.39, 0.29) is 16.1 Å². The predicted molar refractivity (Wildman–Crippen MR) is 119 cm³/mol. The van der Waals surface area contributed by atoms with Gasteiger partial charge in [-0.1, -0.05) is 32.9 Å². The number of sulfone groups is 1. The Balaban J connectivity index is 2.20. The van der Waals surface area contributed by atoms with Crippen LogP contribution in [0.1, 0.15) is 26.3 Å². The second-order valence-corrected chi connectivity index (χ2v) is 11.6. The molecule has 2 atom stereocenters. The third-order valence-electron chi connectivity index (χ3n) is 4.75. The Morgan fingerprint density at radius 3 is 2.23 bits per heavy atom. The molecule has 166 valence electrons. The van der Waals surface area contributed by atoms with Crippen molar-refractivity contribution in [1.29, 1.82) is 5.41 Å². The average molecular weight is 455 g/mol. The van der Waals surface area contributed by atoms with Crippen molar-refractivity contribution >= 4 is 39.4 Å². The Hall–Kier alpha value is -1.91. The summed E-state index contributed by atoms with van der Waals surface area (Å²) in [4.78, 5) is 28.1. The molecule has 0 aliphatic carbocycles. The Morgan fingerprint density at radius 1 is 1.20 bits per heavy atom. The Morgan fingerprint density at radius 2 is 1.77 bits per heavy atom. The van der Waals surface area contributed by atoms with Crippen LogP contribution in [-0.2, 0) is 21.2 Å². The van der Waals surface area contributed by atoms with Gasteiger partial charge in [-0.25, -0.2) is 13.2 Å². The van der Waals surface area contributed by atoms with Gasteiger partial charge in [-0.2, -0.15) is 0 Å². The van der Waals surface area contributed by atoms with Crippen LogP contribution in [0.25, 0.3) is 0 Å². The van der Waals surface area contributed by atoms with E-state index in [0.29, 0.717) is 13.1 Å². The van der Waals surface area contributed by atoms with Crippen LogP contribution in [0, 0.1) is 16.7 Å². The average Bonchev–Trinajstić information content (AvgIpc) is 2.65. The highest BCUT2D eigenvalue weighted by Gasteiger charge is 2.46. The Bertz CT molecular complexity index is 923. The zero-order valence-corrected chi connectivity index (χ0v) is 19.9. The van der Waals surface area contributed by atoms with Gasteiger partial charge in [0.15, 0.2) is 9.84 Å². The van der Waals surface area contributed by atoms with Crippen LogP contribution in [0.15, 0.2) is 29.2 Å². The van der Waals surface area contributed by atoms with Crippen LogP contribution in [0.4, 0.5) is 4.79 Å². The molecule has 1 aromatic carbocycles. The van der Waals surface area contributed by atoms with Crippen molar-refractivity contribution in [2.45, 2.75) is 37.6 Å². The fourth-order valence-electron chi connectivity index (χ4n) is 3.18. The number of hydrogen-bond acceptors (Lipinski definition) is 7. The SMILES string of the molecule is CSC(NCc1ccc(S(C)(=O)=O)cc1)C1C(=N)N(CC(C)(C)C)C(=O)N(C)C1=O. The minimum absolute atomic E-state index is 0.00250. The van der Waals surface area contributed by atoms with Gasteiger partial charge < -0.3 is 5.32 Å². The van der Waals surface area contributed by atoms with Gasteiger partial charge in [0.05, 0.1) is 10.3 Å². The highest BCUT2D eigenvalue weighted by atomic mass is 32.2. The van der Waals surface area contributed by atoms with E-state index in [9.17, 15) is 18.0 Å². The van der Waals surface area contributed by atoms with E-state index in [0.717, 1.165) is 16.7 Å². The molecule has 0 spiro atoms. The van der Waals surface area contributed by atoms with Gasteiger partial charge in [0, 0.05) is 26.4 Å². The van der Waals surface area contributed by atoms with E-state index in [2.05, 4.69) is 5.32 Å². The number of rotatable bonds is 7. The molecule has 10 heteroatoms. The second-order valence-electron chi connectivity index (χ2n) is 8.64. The van der Waals surface area contributed by atoms with Gasteiger partial charge in [-0.3, -0.25) is 20.0 Å². The molecule has 8 nitrogen and oxygen atoms in total. The lowest BCUT2D eigenvalue weighted by Crippen LogP contribution is -2.63. The third-order valence-corrected chi connectivity index (χ3v) is 6.82. The number of amidine groups is 1. The van der Waals surface area contributed by atoms with E-state index in [1.54, 1.807) is 24.3 Å². The number of thioether (sulfide) groups is 1. The van der Waals surface area contributed by atoms with Crippen molar-refractivity contribution in [1.82, 2.24) is 15.1 Å². The highest BCUT2D eigenvalue weighted by molar-refractivity contribution is 7.99. The highest BCUT2D eigenvalue weighted by Crippen LogP contribution is 2.28. The summed E-state index contributed by atoms with van der Waals surface area (Å²) in [5.74, 6) is -1.22. The van der Waals surface area contributed by atoms with Crippen LogP contribution in [0.3, 0.4) is 0 Å². The Labute approximate surface area is 182 Å². The summed E-state index contributed by atoms with van der Waals surface area (Å²) in [6, 6.07) is 6.05. The van der Waals surface area contributed by atoms with E-state index in [1.165, 1.54) is 23.7 Å². The minimum atomic E-state index is -3.26. The molecular weight excluding hydrogens is 424 g/mol. The summed E-state index contributed by atoms with van der Waals surface area (Å²) in [6.45, 7) is 6.66. The summed E-state index contributed by atoms with van der Waals surface area (Å²) < 4.78 is 23.2. The lowest BCUT2D eigenvalue weighted by molar-refractivity contribution is -0.131. The maximum Gasteiger partial charge on any atom is 0.331 e. The van der Waals surface area contributed by atoms with Crippen LogP contribution >= 0.6 is 11.8 Å². The fraction of sp³-hybridized carbons (Fsp3) is 0.550. The van der Waals surface area contributed by atoms with Crippen LogP contribution in [0.2, 0.25) is 0 Å². The van der Waals surface area contributed by atoms with Crippen molar-refractivity contribution < 1.29 is 18.0 Å². The van der Waals surface area contributed by atoms with Crippen LogP contribution in [0.5, 0.6) is 0 Å². The summed E-state index contributed by atoms with van der Waals surface area (Å²) in [6.07, 6.45) is 3.00. The molecule has 1 fully saturated rings. The molecule has 0 bridgehead atoms. The number of nitrogens with zero attached hydrogens (tertiary/aromatic N) is 2. The van der Waals surface area contributed by atoms with E-state index in [4.69, 9.17) is 5.41 Å². The fourth-order valence-corrected chi connectivity index (χ4v) is 4.58. The van der Waals surface area contributed by atoms with Crippen molar-refractivity contribution in [3.8, 4) is 0 Å². The molecule has 1 heterocycles. The number of carbonyl (C=O) groups excluding carboxylic acids is 2. The molecule has 0 radical (unpaired) electrons. The first-order valence-electron chi connectivity index (χ1n) is 9.49. The topological polar surface area (TPSA) is 111 Å². The summed E-state index contributed by atoms with van der Waals surface area (Å²) in [7, 11) is -1.81. The number of hydrogen-bond donors (Lipinski definition) is 2. The van der Waals surface area contributed by atoms with Crippen molar-refractivity contribution in [2.75, 3.05) is 26.1 Å². The summed E-state index contributed by atoms with van der Waals surface area (Å²) in [5.41, 5.74) is 0.629. The van der Waals surface area contributed by atoms with Gasteiger partial charge in [0.1, 0.15) is 11.8 Å². The standard InChI is InChI=1S/C20H30N4O4S2/c1-20(2,3)12-24-16(21)15(18(25)23(4)19(24)26)17(29-5)22-11-13-7-9-14(10-8-13)30(6,27)28/h7-10,15,17,21-22H,11-12H2,1-6H3. The van der Waals surface area contributed by atoms with Gasteiger partial charge in [-0.05, 0) is 29.4 Å². The number of carbonyl (C=O) groups is 2. The van der Waals surface area contributed by atoms with Crippen molar-refractivity contribution in [3.63, 3.8) is 0 Å². The molecule has 2 rings (SSSR count). The molecule has 1 saturated heterocycles. The van der Waals surface area contributed by atoms with Crippen molar-refractivity contribution in [2.24, 2.45) is 11.3 Å². The van der Waals surface area contributed by atoms with Gasteiger partial charge in [-0.15, -0.1) is 11.8 Å². The third kappa shape index (κ3) is 5.61. The van der Waals surface area contributed by atoms with Crippen LogP contribution in [-0.4, -0.2) is 67.5 Å². The normalized spacial score (nSPS) is 19.4. The maximum atomic E-state index is 12.8. The summed E-state index contributed by atoms with van der Waals surface area (Å²) in [5, 5.41) is 11.4. The number of imide groups is 1. The quantitative estimate of drug-likeness (QED) is 0.612.